The minimum Gasteiger partial charge on any atom is -0.480 e. The predicted molar refractivity (Wildman–Crippen MR) is 79.1 cm³/mol. The van der Waals surface area contributed by atoms with Gasteiger partial charge in [0.15, 0.2) is 0 Å². The number of aliphatic carboxylic acids is 1. The van der Waals surface area contributed by atoms with Gasteiger partial charge in [-0.3, -0.25) is 14.9 Å². The highest BCUT2D eigenvalue weighted by Gasteiger charge is 2.27. The fourth-order valence-corrected chi connectivity index (χ4v) is 3.37. The highest BCUT2D eigenvalue weighted by atomic mass is 32.2. The van der Waals surface area contributed by atoms with Crippen molar-refractivity contribution in [3.05, 3.63) is 33.9 Å². The van der Waals surface area contributed by atoms with Gasteiger partial charge in [-0.1, -0.05) is 25.8 Å². The summed E-state index contributed by atoms with van der Waals surface area (Å²) in [6.07, 6.45) is 1.42. The molecule has 0 radical (unpaired) electrons. The van der Waals surface area contributed by atoms with Crippen LogP contribution in [0, 0.1) is 17.0 Å². The molecule has 0 aliphatic carbocycles. The Kier molecular flexibility index (Phi) is 6.01. The van der Waals surface area contributed by atoms with Crippen LogP contribution in [0.5, 0.6) is 0 Å². The van der Waals surface area contributed by atoms with E-state index in [9.17, 15) is 23.3 Å². The normalized spacial score (nSPS) is 12.8. The smallest absolute Gasteiger partial charge is 0.321 e. The van der Waals surface area contributed by atoms with Crippen LogP contribution in [0.2, 0.25) is 0 Å². The molecule has 0 saturated heterocycles. The van der Waals surface area contributed by atoms with Crippen molar-refractivity contribution in [2.24, 2.45) is 0 Å². The van der Waals surface area contributed by atoms with Gasteiger partial charge in [0, 0.05) is 12.1 Å². The number of nitrogens with one attached hydrogen (secondary N) is 1. The summed E-state index contributed by atoms with van der Waals surface area (Å²) in [5.74, 6) is -1.28. The lowest BCUT2D eigenvalue weighted by Gasteiger charge is -2.15. The van der Waals surface area contributed by atoms with Crippen molar-refractivity contribution < 1.29 is 23.2 Å². The number of rotatable bonds is 8. The minimum absolute atomic E-state index is 0.152. The molecule has 0 bridgehead atoms. The fraction of sp³-hybridized carbons (Fsp3) is 0.462. The van der Waals surface area contributed by atoms with E-state index >= 15 is 0 Å². The zero-order valence-corrected chi connectivity index (χ0v) is 13.1. The number of nitro groups is 1. The number of carboxylic acid groups (broad SMARTS) is 1. The molecule has 0 heterocycles. The summed E-state index contributed by atoms with van der Waals surface area (Å²) in [6.45, 7) is 3.35. The highest BCUT2D eigenvalue weighted by Crippen LogP contribution is 2.22. The molecule has 0 aromatic heterocycles. The van der Waals surface area contributed by atoms with Crippen molar-refractivity contribution in [2.75, 3.05) is 0 Å². The van der Waals surface area contributed by atoms with E-state index < -0.39 is 27.0 Å². The summed E-state index contributed by atoms with van der Waals surface area (Å²) in [7, 11) is -4.16. The summed E-state index contributed by atoms with van der Waals surface area (Å²) < 4.78 is 26.7. The molecule has 9 heteroatoms. The summed E-state index contributed by atoms with van der Waals surface area (Å²) in [6, 6.07) is 2.17. The van der Waals surface area contributed by atoms with Crippen molar-refractivity contribution in [3.63, 3.8) is 0 Å². The lowest BCUT2D eigenvalue weighted by molar-refractivity contribution is -0.385. The molecule has 0 aliphatic rings. The number of unbranched alkanes of at least 4 members (excludes halogenated alkanes) is 1. The number of non-ortho nitro benzene ring substituents is 1. The molecule has 0 fully saturated rings. The lowest BCUT2D eigenvalue weighted by atomic mass is 10.1. The topological polar surface area (TPSA) is 127 Å². The number of carboxylic acids is 1. The predicted octanol–water partition coefficient (Wildman–Crippen LogP) is 1.82. The lowest BCUT2D eigenvalue weighted by Crippen LogP contribution is -2.40. The molecule has 1 aromatic carbocycles. The van der Waals surface area contributed by atoms with Crippen molar-refractivity contribution in [2.45, 2.75) is 44.0 Å². The molecule has 1 rings (SSSR count). The van der Waals surface area contributed by atoms with E-state index in [4.69, 9.17) is 5.11 Å². The molecule has 0 saturated carbocycles. The van der Waals surface area contributed by atoms with Crippen LogP contribution in [0.4, 0.5) is 5.69 Å². The maximum atomic E-state index is 12.3. The minimum atomic E-state index is -4.16. The summed E-state index contributed by atoms with van der Waals surface area (Å²) in [4.78, 5) is 20.9. The summed E-state index contributed by atoms with van der Waals surface area (Å²) in [5, 5.41) is 19.8. The van der Waals surface area contributed by atoms with E-state index in [1.807, 2.05) is 6.92 Å². The second-order valence-electron chi connectivity index (χ2n) is 4.86. The van der Waals surface area contributed by atoms with Crippen molar-refractivity contribution in [3.8, 4) is 0 Å². The molecular weight excluding hydrogens is 312 g/mol. The van der Waals surface area contributed by atoms with Crippen LogP contribution in [0.1, 0.15) is 31.7 Å². The van der Waals surface area contributed by atoms with Crippen LogP contribution in [-0.2, 0) is 14.8 Å². The van der Waals surface area contributed by atoms with Crippen LogP contribution in [-0.4, -0.2) is 30.5 Å². The summed E-state index contributed by atoms with van der Waals surface area (Å²) in [5.41, 5.74) is -0.0656. The van der Waals surface area contributed by atoms with E-state index in [2.05, 4.69) is 4.72 Å². The molecule has 122 valence electrons. The number of hydrogen-bond acceptors (Lipinski definition) is 5. The van der Waals surface area contributed by atoms with Gasteiger partial charge in [-0.2, -0.15) is 4.72 Å². The third-order valence-electron chi connectivity index (χ3n) is 3.11. The fourth-order valence-electron chi connectivity index (χ4n) is 1.88. The average molecular weight is 330 g/mol. The van der Waals surface area contributed by atoms with Gasteiger partial charge in [-0.05, 0) is 18.9 Å². The average Bonchev–Trinajstić information content (AvgIpc) is 2.43. The third-order valence-corrected chi connectivity index (χ3v) is 4.73. The van der Waals surface area contributed by atoms with Gasteiger partial charge in [-0.15, -0.1) is 0 Å². The number of aryl methyl sites for hydroxylation is 1. The maximum absolute atomic E-state index is 12.3. The van der Waals surface area contributed by atoms with E-state index in [-0.39, 0.29) is 17.0 Å². The van der Waals surface area contributed by atoms with E-state index in [0.29, 0.717) is 12.0 Å². The van der Waals surface area contributed by atoms with Crippen LogP contribution in [0.25, 0.3) is 0 Å². The van der Waals surface area contributed by atoms with Gasteiger partial charge >= 0.3 is 5.97 Å². The second kappa shape index (κ2) is 7.32. The van der Waals surface area contributed by atoms with Gasteiger partial charge < -0.3 is 5.11 Å². The van der Waals surface area contributed by atoms with Gasteiger partial charge in [0.2, 0.25) is 10.0 Å². The molecule has 1 aromatic rings. The standard InChI is InChI=1S/C13H18N2O6S/c1-3-4-5-11(13(16)17)14-22(20,21)12-8-10(15(18)19)7-6-9(12)2/h6-8,11,14H,3-5H2,1-2H3,(H,16,17). The van der Waals surface area contributed by atoms with Gasteiger partial charge in [0.25, 0.3) is 5.69 Å². The number of carbonyl (C=O) groups is 1. The van der Waals surface area contributed by atoms with E-state index in [1.165, 1.54) is 19.1 Å². The number of hydrogen-bond donors (Lipinski definition) is 2. The Hall–Kier alpha value is -2.00. The van der Waals surface area contributed by atoms with Crippen LogP contribution >= 0.6 is 0 Å². The zero-order valence-electron chi connectivity index (χ0n) is 12.3. The SMILES string of the molecule is CCCCC(NS(=O)(=O)c1cc([N+](=O)[O-])ccc1C)C(=O)O. The molecule has 0 amide bonds. The van der Waals surface area contributed by atoms with Crippen molar-refractivity contribution >= 4 is 21.7 Å². The molecule has 2 N–H and O–H groups in total. The third kappa shape index (κ3) is 4.50. The molecule has 1 unspecified atom stereocenters. The van der Waals surface area contributed by atoms with Crippen LogP contribution < -0.4 is 4.72 Å². The first-order valence-corrected chi connectivity index (χ1v) is 8.17. The second-order valence-corrected chi connectivity index (χ2v) is 6.54. The number of nitro benzene ring substituents is 1. The molecule has 8 nitrogen and oxygen atoms in total. The Labute approximate surface area is 128 Å². The number of sulfonamides is 1. The van der Waals surface area contributed by atoms with Gasteiger partial charge in [0.05, 0.1) is 9.82 Å². The number of nitrogens with zero attached hydrogens (tertiary/aromatic N) is 1. The first kappa shape index (κ1) is 18.1. The Morgan fingerprint density at radius 2 is 2.09 bits per heavy atom. The van der Waals surface area contributed by atoms with Gasteiger partial charge in [-0.25, -0.2) is 8.42 Å². The molecular formula is C13H18N2O6S. The molecule has 0 aliphatic heterocycles. The Morgan fingerprint density at radius 1 is 1.45 bits per heavy atom. The van der Waals surface area contributed by atoms with Crippen LogP contribution in [0.15, 0.2) is 23.1 Å². The molecule has 0 spiro atoms. The van der Waals surface area contributed by atoms with Crippen molar-refractivity contribution in [1.82, 2.24) is 4.72 Å². The maximum Gasteiger partial charge on any atom is 0.321 e. The monoisotopic (exact) mass is 330 g/mol. The largest absolute Gasteiger partial charge is 0.480 e. The Bertz CT molecular complexity index is 671. The first-order chi connectivity index (χ1) is 10.2. The zero-order chi connectivity index (χ0) is 16.9. The van der Waals surface area contributed by atoms with E-state index in [1.54, 1.807) is 0 Å². The Morgan fingerprint density at radius 3 is 2.59 bits per heavy atom. The first-order valence-electron chi connectivity index (χ1n) is 6.69. The van der Waals surface area contributed by atoms with Crippen molar-refractivity contribution in [1.29, 1.82) is 0 Å². The molecule has 22 heavy (non-hydrogen) atoms. The van der Waals surface area contributed by atoms with E-state index in [0.717, 1.165) is 12.5 Å². The number of benzene rings is 1. The quantitative estimate of drug-likeness (QED) is 0.553. The summed E-state index contributed by atoms with van der Waals surface area (Å²) >= 11 is 0. The molecule has 1 atom stereocenters. The van der Waals surface area contributed by atoms with Crippen LogP contribution in [0.3, 0.4) is 0 Å². The van der Waals surface area contributed by atoms with Gasteiger partial charge in [0.1, 0.15) is 6.04 Å². The highest BCUT2D eigenvalue weighted by molar-refractivity contribution is 7.89. The Balaban J connectivity index is 3.15.